The first kappa shape index (κ1) is 20.3. The van der Waals surface area contributed by atoms with E-state index in [1.807, 2.05) is 17.9 Å². The van der Waals surface area contributed by atoms with Crippen LogP contribution in [-0.4, -0.2) is 53.1 Å². The van der Waals surface area contributed by atoms with Gasteiger partial charge in [-0.05, 0) is 44.0 Å². The molecule has 0 radical (unpaired) electrons. The van der Waals surface area contributed by atoms with Crippen LogP contribution in [0.25, 0.3) is 10.6 Å². The maximum Gasteiger partial charge on any atom is 0.253 e. The van der Waals surface area contributed by atoms with Gasteiger partial charge in [0.2, 0.25) is 0 Å². The Kier molecular flexibility index (Phi) is 5.94. The lowest BCUT2D eigenvalue weighted by Crippen LogP contribution is -2.37. The monoisotopic (exact) mass is 424 g/mol. The molecule has 1 fully saturated rings. The Morgan fingerprint density at radius 3 is 2.57 bits per heavy atom. The molecular weight excluding hydrogens is 400 g/mol. The Balaban J connectivity index is 1.44. The minimum Gasteiger partial charge on any atom is -0.493 e. The Labute approximate surface area is 179 Å². The standard InChI is InChI=1S/C22H24N4O3S/c1-14-20(17-6-9-23-13-24-17)30-21(25-14)15-7-10-26(11-8-15)22(27)16-4-5-18(28-2)19(12-16)29-3/h4-6,9,12-13,15H,7-8,10-11H2,1-3H3. The molecule has 2 aromatic heterocycles. The number of hydrogen-bond acceptors (Lipinski definition) is 7. The number of likely N-dealkylation sites (tertiary alicyclic amines) is 1. The molecule has 0 unspecified atom stereocenters. The zero-order chi connectivity index (χ0) is 21.1. The molecule has 0 N–H and O–H groups in total. The van der Waals surface area contributed by atoms with Gasteiger partial charge in [0.1, 0.15) is 6.33 Å². The molecule has 1 aliphatic rings. The Bertz CT molecular complexity index is 1030. The number of hydrogen-bond donors (Lipinski definition) is 0. The van der Waals surface area contributed by atoms with E-state index in [-0.39, 0.29) is 5.91 Å². The van der Waals surface area contributed by atoms with Crippen LogP contribution in [0.5, 0.6) is 11.5 Å². The van der Waals surface area contributed by atoms with Gasteiger partial charge in [0, 0.05) is 30.8 Å². The van der Waals surface area contributed by atoms with E-state index in [0.717, 1.165) is 34.1 Å². The molecule has 0 atom stereocenters. The predicted octanol–water partition coefficient (Wildman–Crippen LogP) is 3.95. The van der Waals surface area contributed by atoms with Gasteiger partial charge in [0.05, 0.1) is 35.5 Å². The van der Waals surface area contributed by atoms with Gasteiger partial charge in [-0.25, -0.2) is 15.0 Å². The number of aryl methyl sites for hydroxylation is 1. The molecule has 0 bridgehead atoms. The number of carbonyl (C=O) groups is 1. The molecule has 4 rings (SSSR count). The number of rotatable bonds is 5. The quantitative estimate of drug-likeness (QED) is 0.617. The number of ether oxygens (including phenoxy) is 2. The molecule has 1 aliphatic heterocycles. The van der Waals surface area contributed by atoms with E-state index in [0.29, 0.717) is 36.1 Å². The number of carbonyl (C=O) groups excluding carboxylic acids is 1. The molecule has 0 saturated carbocycles. The minimum absolute atomic E-state index is 0.0198. The molecule has 7 nitrogen and oxygen atoms in total. The van der Waals surface area contributed by atoms with Gasteiger partial charge in [-0.2, -0.15) is 0 Å². The summed E-state index contributed by atoms with van der Waals surface area (Å²) >= 11 is 1.70. The maximum atomic E-state index is 13.0. The summed E-state index contributed by atoms with van der Waals surface area (Å²) in [5.41, 5.74) is 2.52. The fourth-order valence-corrected chi connectivity index (χ4v) is 4.95. The first-order valence-electron chi connectivity index (χ1n) is 9.85. The van der Waals surface area contributed by atoms with Crippen molar-refractivity contribution in [3.63, 3.8) is 0 Å². The van der Waals surface area contributed by atoms with Gasteiger partial charge in [0.25, 0.3) is 5.91 Å². The third kappa shape index (κ3) is 4.00. The van der Waals surface area contributed by atoms with Crippen molar-refractivity contribution in [3.05, 3.63) is 53.1 Å². The van der Waals surface area contributed by atoms with Gasteiger partial charge < -0.3 is 14.4 Å². The van der Waals surface area contributed by atoms with Gasteiger partial charge in [0.15, 0.2) is 11.5 Å². The number of benzene rings is 1. The molecule has 156 valence electrons. The van der Waals surface area contributed by atoms with Crippen LogP contribution in [0.1, 0.15) is 39.8 Å². The second-order valence-corrected chi connectivity index (χ2v) is 8.23. The molecule has 1 amide bonds. The van der Waals surface area contributed by atoms with Crippen molar-refractivity contribution >= 4 is 17.2 Å². The number of aromatic nitrogens is 3. The summed E-state index contributed by atoms with van der Waals surface area (Å²) < 4.78 is 10.6. The van der Waals surface area contributed by atoms with Crippen LogP contribution in [0, 0.1) is 6.92 Å². The van der Waals surface area contributed by atoms with Crippen LogP contribution in [0.2, 0.25) is 0 Å². The first-order chi connectivity index (χ1) is 14.6. The van der Waals surface area contributed by atoms with Crippen LogP contribution >= 0.6 is 11.3 Å². The van der Waals surface area contributed by atoms with Crippen molar-refractivity contribution in [3.8, 4) is 22.1 Å². The number of amides is 1. The first-order valence-corrected chi connectivity index (χ1v) is 10.7. The van der Waals surface area contributed by atoms with E-state index < -0.39 is 0 Å². The van der Waals surface area contributed by atoms with Crippen LogP contribution in [0.15, 0.2) is 36.8 Å². The fraction of sp³-hybridized carbons (Fsp3) is 0.364. The smallest absolute Gasteiger partial charge is 0.253 e. The zero-order valence-corrected chi connectivity index (χ0v) is 18.1. The lowest BCUT2D eigenvalue weighted by atomic mass is 9.97. The van der Waals surface area contributed by atoms with Crippen molar-refractivity contribution in [1.82, 2.24) is 19.9 Å². The number of methoxy groups -OCH3 is 2. The molecule has 0 spiro atoms. The maximum absolute atomic E-state index is 13.0. The highest BCUT2D eigenvalue weighted by Crippen LogP contribution is 2.37. The highest BCUT2D eigenvalue weighted by Gasteiger charge is 2.27. The van der Waals surface area contributed by atoms with Crippen molar-refractivity contribution in [2.45, 2.75) is 25.7 Å². The van der Waals surface area contributed by atoms with Crippen molar-refractivity contribution in [2.75, 3.05) is 27.3 Å². The van der Waals surface area contributed by atoms with Crippen LogP contribution < -0.4 is 9.47 Å². The fourth-order valence-electron chi connectivity index (χ4n) is 3.74. The van der Waals surface area contributed by atoms with Gasteiger partial charge in [-0.1, -0.05) is 0 Å². The van der Waals surface area contributed by atoms with E-state index in [4.69, 9.17) is 14.5 Å². The normalized spacial score (nSPS) is 14.6. The largest absolute Gasteiger partial charge is 0.493 e. The zero-order valence-electron chi connectivity index (χ0n) is 17.3. The summed E-state index contributed by atoms with van der Waals surface area (Å²) in [7, 11) is 3.16. The van der Waals surface area contributed by atoms with Gasteiger partial charge in [-0.3, -0.25) is 4.79 Å². The van der Waals surface area contributed by atoms with Crippen LogP contribution in [-0.2, 0) is 0 Å². The van der Waals surface area contributed by atoms with E-state index in [1.165, 1.54) is 0 Å². The summed E-state index contributed by atoms with van der Waals surface area (Å²) in [6.07, 6.45) is 5.11. The molecule has 8 heteroatoms. The lowest BCUT2D eigenvalue weighted by Gasteiger charge is -2.31. The number of thiazole rings is 1. The van der Waals surface area contributed by atoms with Crippen molar-refractivity contribution in [2.24, 2.45) is 0 Å². The Morgan fingerprint density at radius 2 is 1.90 bits per heavy atom. The molecule has 3 aromatic rings. The molecule has 30 heavy (non-hydrogen) atoms. The number of nitrogens with zero attached hydrogens (tertiary/aromatic N) is 4. The molecule has 3 heterocycles. The average Bonchev–Trinajstić information content (AvgIpc) is 3.20. The van der Waals surface area contributed by atoms with Gasteiger partial charge >= 0.3 is 0 Å². The van der Waals surface area contributed by atoms with Crippen molar-refractivity contribution < 1.29 is 14.3 Å². The highest BCUT2D eigenvalue weighted by molar-refractivity contribution is 7.15. The summed E-state index contributed by atoms with van der Waals surface area (Å²) in [6.45, 7) is 3.44. The predicted molar refractivity (Wildman–Crippen MR) is 115 cm³/mol. The second-order valence-electron chi connectivity index (χ2n) is 7.20. The van der Waals surface area contributed by atoms with Crippen LogP contribution in [0.3, 0.4) is 0 Å². The molecular formula is C22H24N4O3S. The summed E-state index contributed by atoms with van der Waals surface area (Å²) in [5, 5.41) is 1.12. The topological polar surface area (TPSA) is 77.4 Å². The lowest BCUT2D eigenvalue weighted by molar-refractivity contribution is 0.0712. The third-order valence-electron chi connectivity index (χ3n) is 5.39. The average molecular weight is 425 g/mol. The summed E-state index contributed by atoms with van der Waals surface area (Å²) in [6, 6.07) is 7.21. The Morgan fingerprint density at radius 1 is 1.13 bits per heavy atom. The summed E-state index contributed by atoms with van der Waals surface area (Å²) in [4.78, 5) is 29.1. The third-order valence-corrected chi connectivity index (χ3v) is 6.73. The Hall–Kier alpha value is -3.00. The number of piperidine rings is 1. The van der Waals surface area contributed by atoms with Crippen molar-refractivity contribution in [1.29, 1.82) is 0 Å². The highest BCUT2D eigenvalue weighted by atomic mass is 32.1. The van der Waals surface area contributed by atoms with E-state index in [2.05, 4.69) is 9.97 Å². The van der Waals surface area contributed by atoms with E-state index in [1.54, 1.807) is 56.3 Å². The van der Waals surface area contributed by atoms with E-state index >= 15 is 0 Å². The summed E-state index contributed by atoms with van der Waals surface area (Å²) in [5.74, 6) is 1.56. The molecule has 1 saturated heterocycles. The van der Waals surface area contributed by atoms with Gasteiger partial charge in [-0.15, -0.1) is 11.3 Å². The van der Waals surface area contributed by atoms with Crippen LogP contribution in [0.4, 0.5) is 0 Å². The van der Waals surface area contributed by atoms with E-state index in [9.17, 15) is 4.79 Å². The minimum atomic E-state index is 0.0198. The second kappa shape index (κ2) is 8.79. The SMILES string of the molecule is COc1ccc(C(=O)N2CCC(c3nc(C)c(-c4ccncn4)s3)CC2)cc1OC. The molecule has 1 aromatic carbocycles. The molecule has 0 aliphatic carbocycles.